The second kappa shape index (κ2) is 13.8. The number of nitrogens with two attached hydrogens (primary N) is 1. The number of sulfonamides is 1. The fourth-order valence-electron chi connectivity index (χ4n) is 3.39. The van der Waals surface area contributed by atoms with Crippen LogP contribution in [0.4, 0.5) is 10.5 Å². The molecule has 1 heterocycles. The summed E-state index contributed by atoms with van der Waals surface area (Å²) < 4.78 is 38.9. The van der Waals surface area contributed by atoms with E-state index in [0.717, 1.165) is 10.1 Å². The Labute approximate surface area is 236 Å². The monoisotopic (exact) mass is 586 g/mol. The Hall–Kier alpha value is -5.05. The third-order valence-corrected chi connectivity index (χ3v) is 6.78. The number of carbonyl (C=O) groups excluding carboxylic acids is 2. The Balaban J connectivity index is 1.47. The summed E-state index contributed by atoms with van der Waals surface area (Å²) in [5, 5.41) is 8.23. The lowest BCUT2D eigenvalue weighted by Crippen LogP contribution is -2.39. The fourth-order valence-corrected chi connectivity index (χ4v) is 4.55. The topological polar surface area (TPSA) is 192 Å². The van der Waals surface area contributed by atoms with Crippen molar-refractivity contribution in [2.24, 2.45) is 10.9 Å². The molecule has 0 spiro atoms. The molecule has 2 aromatic carbocycles. The van der Waals surface area contributed by atoms with Gasteiger partial charge in [0.15, 0.2) is 0 Å². The van der Waals surface area contributed by atoms with Crippen molar-refractivity contribution in [3.05, 3.63) is 82.3 Å². The zero-order chi connectivity index (χ0) is 30.0. The molecule has 0 aliphatic carbocycles. The second-order valence-corrected chi connectivity index (χ2v) is 10.2. The molecule has 3 aromatic rings. The fraction of sp³-hybridized carbons (Fsp3) is 0.231. The lowest BCUT2D eigenvalue weighted by atomic mass is 10.2. The molecule has 0 saturated carbocycles. The number of pyridine rings is 1. The first-order valence-electron chi connectivity index (χ1n) is 12.1. The van der Waals surface area contributed by atoms with E-state index in [0.29, 0.717) is 11.4 Å². The summed E-state index contributed by atoms with van der Waals surface area (Å²) in [5.74, 6) is -0.0581. The number of ether oxygens (including phenoxy) is 2. The van der Waals surface area contributed by atoms with Crippen LogP contribution in [0.3, 0.4) is 0 Å². The first-order valence-corrected chi connectivity index (χ1v) is 13.6. The van der Waals surface area contributed by atoms with Gasteiger partial charge in [-0.15, -0.1) is 0 Å². The second-order valence-electron chi connectivity index (χ2n) is 8.55. The van der Waals surface area contributed by atoms with Gasteiger partial charge in [0.25, 0.3) is 15.6 Å². The number of oxime groups is 1. The van der Waals surface area contributed by atoms with Gasteiger partial charge < -0.3 is 29.9 Å². The van der Waals surface area contributed by atoms with Crippen molar-refractivity contribution in [1.82, 2.24) is 15.2 Å². The lowest BCUT2D eigenvalue weighted by Gasteiger charge is -2.13. The highest BCUT2D eigenvalue weighted by molar-refractivity contribution is 7.92. The minimum Gasteiger partial charge on any atom is -0.497 e. The minimum absolute atomic E-state index is 0.000611. The molecule has 2 amide bonds. The molecular weight excluding hydrogens is 556 g/mol. The molecule has 0 radical (unpaired) electrons. The van der Waals surface area contributed by atoms with Crippen molar-refractivity contribution >= 4 is 33.7 Å². The molecule has 0 aliphatic rings. The predicted molar refractivity (Wildman–Crippen MR) is 150 cm³/mol. The molecule has 14 nitrogen and oxygen atoms in total. The largest absolute Gasteiger partial charge is 0.497 e. The molecule has 218 valence electrons. The van der Waals surface area contributed by atoms with Gasteiger partial charge in [-0.3, -0.25) is 19.6 Å². The summed E-state index contributed by atoms with van der Waals surface area (Å²) in [5.41, 5.74) is 5.88. The first kappa shape index (κ1) is 30.5. The molecule has 15 heteroatoms. The average molecular weight is 587 g/mol. The van der Waals surface area contributed by atoms with Gasteiger partial charge in [0, 0.05) is 5.69 Å². The van der Waals surface area contributed by atoms with Crippen LogP contribution >= 0.6 is 0 Å². The van der Waals surface area contributed by atoms with Crippen LogP contribution in [-0.4, -0.2) is 51.2 Å². The molecule has 0 saturated heterocycles. The van der Waals surface area contributed by atoms with Crippen molar-refractivity contribution in [2.75, 3.05) is 25.0 Å². The Morgan fingerprint density at radius 3 is 2.41 bits per heavy atom. The molecule has 0 fully saturated rings. The summed E-state index contributed by atoms with van der Waals surface area (Å²) in [7, 11) is -2.50. The zero-order valence-corrected chi connectivity index (χ0v) is 23.4. The first-order chi connectivity index (χ1) is 19.5. The van der Waals surface area contributed by atoms with E-state index in [1.807, 2.05) is 0 Å². The number of rotatable bonds is 11. The van der Waals surface area contributed by atoms with Gasteiger partial charge in [-0.05, 0) is 73.1 Å². The Morgan fingerprint density at radius 2 is 1.73 bits per heavy atom. The van der Waals surface area contributed by atoms with E-state index in [1.54, 1.807) is 38.1 Å². The van der Waals surface area contributed by atoms with E-state index < -0.39 is 27.6 Å². The smallest absolute Gasteiger partial charge is 0.419 e. The number of nitrogens with one attached hydrogen (secondary N) is 3. The molecule has 0 atom stereocenters. The van der Waals surface area contributed by atoms with Gasteiger partial charge >= 0.3 is 6.09 Å². The van der Waals surface area contributed by atoms with Gasteiger partial charge in [-0.1, -0.05) is 12.1 Å². The number of methoxy groups -OCH3 is 1. The van der Waals surface area contributed by atoms with Crippen molar-refractivity contribution in [2.45, 2.75) is 25.3 Å². The number of nitrogens with zero attached hydrogens (tertiary/aromatic N) is 2. The van der Waals surface area contributed by atoms with E-state index >= 15 is 0 Å². The van der Waals surface area contributed by atoms with Crippen LogP contribution in [-0.2, 0) is 26.2 Å². The van der Waals surface area contributed by atoms with Crippen LogP contribution in [0.25, 0.3) is 0 Å². The third-order valence-electron chi connectivity index (χ3n) is 5.42. The normalized spacial score (nSPS) is 11.3. The molecule has 3 rings (SSSR count). The molecule has 0 aliphatic heterocycles. The molecule has 0 bridgehead atoms. The van der Waals surface area contributed by atoms with Gasteiger partial charge in [-0.2, -0.15) is 0 Å². The molecule has 5 N–H and O–H groups in total. The van der Waals surface area contributed by atoms with E-state index in [9.17, 15) is 22.8 Å². The van der Waals surface area contributed by atoms with Gasteiger partial charge in [0.1, 0.15) is 30.3 Å². The van der Waals surface area contributed by atoms with E-state index in [1.165, 1.54) is 43.5 Å². The zero-order valence-electron chi connectivity index (χ0n) is 22.5. The number of aryl methyl sites for hydroxylation is 2. The summed E-state index contributed by atoms with van der Waals surface area (Å²) in [6.45, 7) is 2.89. The Kier molecular flexibility index (Phi) is 10.3. The highest BCUT2D eigenvalue weighted by Crippen LogP contribution is 2.17. The standard InChI is InChI=1S/C26H30N6O8S/c1-17-5-4-6-21(15-17)41(36,37)31-22-12-7-18(2)32(24(22)34)16-23(33)28-13-14-39-30-25(27)29-26(35)40-20-10-8-19(38-3)9-11-20/h4-12,15,31H,13-14,16H2,1-3H3,(H,28,33)(H3,27,29,30,35). The molecular formula is C26H30N6O8S. The summed E-state index contributed by atoms with van der Waals surface area (Å²) in [6, 6.07) is 15.4. The number of carbonyl (C=O) groups is 2. The third kappa shape index (κ3) is 8.99. The number of hydrogen-bond acceptors (Lipinski definition) is 9. The number of anilines is 1. The number of guanidine groups is 1. The molecule has 41 heavy (non-hydrogen) atoms. The van der Waals surface area contributed by atoms with E-state index in [2.05, 4.69) is 20.5 Å². The van der Waals surface area contributed by atoms with Crippen LogP contribution in [0, 0.1) is 13.8 Å². The Bertz CT molecular complexity index is 1590. The average Bonchev–Trinajstić information content (AvgIpc) is 2.92. The Morgan fingerprint density at radius 1 is 1.02 bits per heavy atom. The van der Waals surface area contributed by atoms with Crippen LogP contribution in [0.1, 0.15) is 11.3 Å². The van der Waals surface area contributed by atoms with E-state index in [-0.39, 0.29) is 42.0 Å². The maximum atomic E-state index is 12.9. The van der Waals surface area contributed by atoms with Crippen molar-refractivity contribution in [3.8, 4) is 11.5 Å². The van der Waals surface area contributed by atoms with Crippen molar-refractivity contribution in [3.63, 3.8) is 0 Å². The van der Waals surface area contributed by atoms with Gasteiger partial charge in [-0.25, -0.2) is 13.2 Å². The predicted octanol–water partition coefficient (Wildman–Crippen LogP) is 1.43. The van der Waals surface area contributed by atoms with Crippen LogP contribution in [0.15, 0.2) is 75.5 Å². The van der Waals surface area contributed by atoms with Gasteiger partial charge in [0.05, 0.1) is 18.6 Å². The maximum Gasteiger partial charge on any atom is 0.419 e. The summed E-state index contributed by atoms with van der Waals surface area (Å²) in [4.78, 5) is 42.2. The van der Waals surface area contributed by atoms with Crippen LogP contribution in [0.5, 0.6) is 11.5 Å². The number of amides is 2. The lowest BCUT2D eigenvalue weighted by molar-refractivity contribution is -0.122. The quantitative estimate of drug-likeness (QED) is 0.111. The highest BCUT2D eigenvalue weighted by Gasteiger charge is 2.18. The van der Waals surface area contributed by atoms with Crippen molar-refractivity contribution in [1.29, 1.82) is 0 Å². The summed E-state index contributed by atoms with van der Waals surface area (Å²) in [6.07, 6.45) is -0.891. The SMILES string of the molecule is COc1ccc(OC(=O)N/C(N)=N/OCCNC(=O)Cn2c(C)ccc(NS(=O)(=O)c3cccc(C)c3)c2=O)cc1. The van der Waals surface area contributed by atoms with Crippen LogP contribution < -0.4 is 36.1 Å². The van der Waals surface area contributed by atoms with Crippen molar-refractivity contribution < 1.29 is 32.3 Å². The number of hydrogen-bond donors (Lipinski definition) is 4. The van der Waals surface area contributed by atoms with Crippen LogP contribution in [0.2, 0.25) is 0 Å². The minimum atomic E-state index is -4.01. The van der Waals surface area contributed by atoms with Gasteiger partial charge in [0.2, 0.25) is 11.9 Å². The van der Waals surface area contributed by atoms with E-state index in [4.69, 9.17) is 20.0 Å². The molecule has 0 unspecified atom stereocenters. The number of aromatic nitrogens is 1. The maximum absolute atomic E-state index is 12.9. The highest BCUT2D eigenvalue weighted by atomic mass is 32.2. The molecule has 1 aromatic heterocycles. The summed E-state index contributed by atoms with van der Waals surface area (Å²) >= 11 is 0. The number of benzene rings is 2.